The van der Waals surface area contributed by atoms with Gasteiger partial charge in [0.2, 0.25) is 5.91 Å². The van der Waals surface area contributed by atoms with Gasteiger partial charge in [-0.05, 0) is 18.9 Å². The molecule has 1 aliphatic heterocycles. The summed E-state index contributed by atoms with van der Waals surface area (Å²) in [7, 11) is 0. The zero-order valence-corrected chi connectivity index (χ0v) is 15.4. The topological polar surface area (TPSA) is 104 Å². The first-order valence-electron chi connectivity index (χ1n) is 8.16. The second kappa shape index (κ2) is 8.48. The van der Waals surface area contributed by atoms with Crippen molar-refractivity contribution in [2.75, 3.05) is 26.2 Å². The Morgan fingerprint density at radius 1 is 1.46 bits per heavy atom. The standard InChI is InChI=1S/C16H27N5O2.ClH/c1-16(2,3)13-9-12(19-20-13)15(23)21-8-4-5-11(10-21)14(22)18-7-6-17;/h9,11H,4-8,10,17H2,1-3H3,(H,18,22)(H,19,20);1H. The van der Waals surface area contributed by atoms with Crippen LogP contribution in [0.15, 0.2) is 6.07 Å². The van der Waals surface area contributed by atoms with Crippen LogP contribution in [0.4, 0.5) is 0 Å². The maximum absolute atomic E-state index is 12.6. The van der Waals surface area contributed by atoms with Crippen molar-refractivity contribution in [3.63, 3.8) is 0 Å². The molecule has 136 valence electrons. The van der Waals surface area contributed by atoms with Gasteiger partial charge < -0.3 is 16.0 Å². The molecule has 1 aromatic heterocycles. The number of carbonyl (C=O) groups is 2. The van der Waals surface area contributed by atoms with Crippen LogP contribution < -0.4 is 11.1 Å². The van der Waals surface area contributed by atoms with E-state index in [-0.39, 0.29) is 35.6 Å². The molecule has 1 aliphatic rings. The summed E-state index contributed by atoms with van der Waals surface area (Å²) < 4.78 is 0. The number of rotatable bonds is 4. The van der Waals surface area contributed by atoms with Crippen molar-refractivity contribution in [3.05, 3.63) is 17.5 Å². The highest BCUT2D eigenvalue weighted by atomic mass is 35.5. The van der Waals surface area contributed by atoms with Crippen molar-refractivity contribution in [1.82, 2.24) is 20.4 Å². The van der Waals surface area contributed by atoms with Gasteiger partial charge in [-0.15, -0.1) is 12.4 Å². The second-order valence-electron chi connectivity index (χ2n) is 7.09. The Kier molecular flexibility index (Phi) is 7.23. The number of H-pyrrole nitrogens is 1. The van der Waals surface area contributed by atoms with E-state index in [1.165, 1.54) is 0 Å². The molecule has 24 heavy (non-hydrogen) atoms. The monoisotopic (exact) mass is 357 g/mol. The Hall–Kier alpha value is -1.60. The maximum atomic E-state index is 12.6. The number of hydrogen-bond acceptors (Lipinski definition) is 4. The third-order valence-electron chi connectivity index (χ3n) is 4.13. The van der Waals surface area contributed by atoms with Crippen molar-refractivity contribution in [2.45, 2.75) is 39.0 Å². The Morgan fingerprint density at radius 3 is 2.75 bits per heavy atom. The number of amides is 2. The van der Waals surface area contributed by atoms with Crippen LogP contribution in [0.2, 0.25) is 0 Å². The SMILES string of the molecule is CC(C)(C)c1cc(C(=O)N2CCCC(C(=O)NCCN)C2)n[nH]1.Cl. The second-order valence-corrected chi connectivity index (χ2v) is 7.09. The molecule has 1 atom stereocenters. The van der Waals surface area contributed by atoms with Gasteiger partial charge in [-0.25, -0.2) is 0 Å². The number of likely N-dealkylation sites (tertiary alicyclic amines) is 1. The van der Waals surface area contributed by atoms with Gasteiger partial charge in [0.25, 0.3) is 5.91 Å². The van der Waals surface area contributed by atoms with Gasteiger partial charge >= 0.3 is 0 Å². The maximum Gasteiger partial charge on any atom is 0.274 e. The lowest BCUT2D eigenvalue weighted by Crippen LogP contribution is -2.46. The predicted octanol–water partition coefficient (Wildman–Crippen LogP) is 1.06. The first-order chi connectivity index (χ1) is 10.8. The van der Waals surface area contributed by atoms with Crippen molar-refractivity contribution < 1.29 is 9.59 Å². The lowest BCUT2D eigenvalue weighted by atomic mass is 9.92. The molecule has 2 rings (SSSR count). The van der Waals surface area contributed by atoms with E-state index in [2.05, 4.69) is 36.3 Å². The molecule has 4 N–H and O–H groups in total. The van der Waals surface area contributed by atoms with Gasteiger partial charge in [0, 0.05) is 37.3 Å². The average molecular weight is 358 g/mol. The van der Waals surface area contributed by atoms with E-state index >= 15 is 0 Å². The molecule has 0 aliphatic carbocycles. The highest BCUT2D eigenvalue weighted by molar-refractivity contribution is 5.93. The molecule has 1 aromatic rings. The molecule has 1 unspecified atom stereocenters. The smallest absolute Gasteiger partial charge is 0.274 e. The van der Waals surface area contributed by atoms with Crippen molar-refractivity contribution >= 4 is 24.2 Å². The first-order valence-corrected chi connectivity index (χ1v) is 8.16. The van der Waals surface area contributed by atoms with Crippen LogP contribution in [0.5, 0.6) is 0 Å². The Labute approximate surface area is 149 Å². The number of nitrogens with one attached hydrogen (secondary N) is 2. The fourth-order valence-electron chi connectivity index (χ4n) is 2.69. The fraction of sp³-hybridized carbons (Fsp3) is 0.688. The summed E-state index contributed by atoms with van der Waals surface area (Å²) in [6.45, 7) is 8.18. The van der Waals surface area contributed by atoms with Crippen LogP contribution in [0, 0.1) is 5.92 Å². The minimum atomic E-state index is -0.166. The molecule has 1 fully saturated rings. The zero-order valence-electron chi connectivity index (χ0n) is 14.6. The van der Waals surface area contributed by atoms with Gasteiger partial charge in [-0.3, -0.25) is 14.7 Å². The molecule has 8 heteroatoms. The summed E-state index contributed by atoms with van der Waals surface area (Å²) in [6.07, 6.45) is 1.62. The summed E-state index contributed by atoms with van der Waals surface area (Å²) in [6, 6.07) is 1.81. The molecule has 0 aromatic carbocycles. The quantitative estimate of drug-likeness (QED) is 0.749. The third-order valence-corrected chi connectivity index (χ3v) is 4.13. The molecular weight excluding hydrogens is 330 g/mol. The van der Waals surface area contributed by atoms with E-state index in [1.807, 2.05) is 0 Å². The molecule has 7 nitrogen and oxygen atoms in total. The van der Waals surface area contributed by atoms with Crippen LogP contribution in [-0.2, 0) is 10.2 Å². The molecule has 1 saturated heterocycles. The highest BCUT2D eigenvalue weighted by Crippen LogP contribution is 2.22. The van der Waals surface area contributed by atoms with Crippen LogP contribution in [0.3, 0.4) is 0 Å². The number of carbonyl (C=O) groups excluding carboxylic acids is 2. The van der Waals surface area contributed by atoms with Crippen LogP contribution in [0.1, 0.15) is 49.8 Å². The van der Waals surface area contributed by atoms with Gasteiger partial charge in [0.1, 0.15) is 5.69 Å². The largest absolute Gasteiger partial charge is 0.355 e. The molecule has 2 amide bonds. The summed E-state index contributed by atoms with van der Waals surface area (Å²) in [5, 5.41) is 9.88. The Balaban J connectivity index is 0.00000288. The molecular formula is C16H28ClN5O2. The van der Waals surface area contributed by atoms with E-state index in [1.54, 1.807) is 11.0 Å². The number of hydrogen-bond donors (Lipinski definition) is 3. The van der Waals surface area contributed by atoms with E-state index < -0.39 is 0 Å². The van der Waals surface area contributed by atoms with Gasteiger partial charge in [0.15, 0.2) is 0 Å². The van der Waals surface area contributed by atoms with Gasteiger partial charge in [-0.1, -0.05) is 20.8 Å². The van der Waals surface area contributed by atoms with Crippen molar-refractivity contribution in [1.29, 1.82) is 0 Å². The Bertz CT molecular complexity index is 567. The number of aromatic nitrogens is 2. The number of halogens is 1. The number of aromatic amines is 1. The van der Waals surface area contributed by atoms with E-state index in [4.69, 9.17) is 5.73 Å². The molecule has 0 saturated carbocycles. The molecule has 0 radical (unpaired) electrons. The van der Waals surface area contributed by atoms with E-state index in [0.29, 0.717) is 31.9 Å². The number of nitrogens with two attached hydrogens (primary N) is 1. The van der Waals surface area contributed by atoms with Crippen LogP contribution in [0.25, 0.3) is 0 Å². The molecule has 0 bridgehead atoms. The van der Waals surface area contributed by atoms with Gasteiger partial charge in [-0.2, -0.15) is 5.10 Å². The Morgan fingerprint density at radius 2 is 2.17 bits per heavy atom. The lowest BCUT2D eigenvalue weighted by molar-refractivity contribution is -0.126. The highest BCUT2D eigenvalue weighted by Gasteiger charge is 2.30. The molecule has 0 spiro atoms. The minimum Gasteiger partial charge on any atom is -0.355 e. The first kappa shape index (κ1) is 20.4. The normalized spacial score (nSPS) is 18.0. The summed E-state index contributed by atoms with van der Waals surface area (Å²) in [5.41, 5.74) is 6.66. The van der Waals surface area contributed by atoms with Crippen molar-refractivity contribution in [3.8, 4) is 0 Å². The van der Waals surface area contributed by atoms with E-state index in [0.717, 1.165) is 18.5 Å². The van der Waals surface area contributed by atoms with E-state index in [9.17, 15) is 9.59 Å². The van der Waals surface area contributed by atoms with Crippen LogP contribution >= 0.6 is 12.4 Å². The summed E-state index contributed by atoms with van der Waals surface area (Å²) >= 11 is 0. The third kappa shape index (κ3) is 4.95. The van der Waals surface area contributed by atoms with Crippen LogP contribution in [-0.4, -0.2) is 53.1 Å². The minimum absolute atomic E-state index is 0. The summed E-state index contributed by atoms with van der Waals surface area (Å²) in [4.78, 5) is 26.4. The van der Waals surface area contributed by atoms with Crippen molar-refractivity contribution in [2.24, 2.45) is 11.7 Å². The molecule has 2 heterocycles. The lowest BCUT2D eigenvalue weighted by Gasteiger charge is -2.31. The number of nitrogens with zero attached hydrogens (tertiary/aromatic N) is 2. The average Bonchev–Trinajstić information content (AvgIpc) is 3.02. The number of piperidine rings is 1. The van der Waals surface area contributed by atoms with Gasteiger partial charge in [0.05, 0.1) is 5.92 Å². The summed E-state index contributed by atoms with van der Waals surface area (Å²) in [5.74, 6) is -0.307. The fourth-order valence-corrected chi connectivity index (χ4v) is 2.69. The predicted molar refractivity (Wildman–Crippen MR) is 95.2 cm³/mol. The zero-order chi connectivity index (χ0) is 17.0.